The van der Waals surface area contributed by atoms with Crippen LogP contribution in [0.25, 0.3) is 0 Å². The predicted octanol–water partition coefficient (Wildman–Crippen LogP) is 0.717. The predicted molar refractivity (Wildman–Crippen MR) is 75.7 cm³/mol. The number of halogens is 4. The zero-order chi connectivity index (χ0) is 19.3. The van der Waals surface area contributed by atoms with E-state index in [4.69, 9.17) is 0 Å². The summed E-state index contributed by atoms with van der Waals surface area (Å²) in [5.41, 5.74) is -2.60. The Kier molecular flexibility index (Phi) is 4.51. The molecule has 0 amide bonds. The molecule has 0 unspecified atom stereocenters. The van der Waals surface area contributed by atoms with Crippen LogP contribution in [0.15, 0.2) is 20.6 Å². The van der Waals surface area contributed by atoms with Crippen LogP contribution in [-0.4, -0.2) is 17.6 Å². The standard InChI is InChI=1S/C13H10F4N2O5S/c1-5-11(12(20)19(3)13(21)18(5)2)25(22,23)24-10-8(16)6(14)4-7(15)9(10)17/h4H,1-3H3. The van der Waals surface area contributed by atoms with Gasteiger partial charge < -0.3 is 4.18 Å². The van der Waals surface area contributed by atoms with E-state index in [2.05, 4.69) is 4.18 Å². The average Bonchev–Trinajstić information content (AvgIpc) is 2.53. The molecule has 0 aliphatic rings. The second-order valence-corrected chi connectivity index (χ2v) is 6.44. The van der Waals surface area contributed by atoms with E-state index in [9.17, 15) is 35.6 Å². The maximum absolute atomic E-state index is 13.6. The maximum Gasteiger partial charge on any atom is 0.346 e. The van der Waals surface area contributed by atoms with Crippen LogP contribution in [0.5, 0.6) is 5.75 Å². The fourth-order valence-electron chi connectivity index (χ4n) is 1.98. The highest BCUT2D eigenvalue weighted by atomic mass is 32.2. The Morgan fingerprint density at radius 2 is 1.44 bits per heavy atom. The van der Waals surface area contributed by atoms with Gasteiger partial charge in [0.2, 0.25) is 17.4 Å². The van der Waals surface area contributed by atoms with Crippen LogP contribution >= 0.6 is 0 Å². The minimum atomic E-state index is -5.22. The largest absolute Gasteiger partial charge is 0.372 e. The Hall–Kier alpha value is -2.63. The smallest absolute Gasteiger partial charge is 0.346 e. The molecular weight excluding hydrogens is 372 g/mol. The van der Waals surface area contributed by atoms with Crippen LogP contribution in [-0.2, 0) is 24.2 Å². The van der Waals surface area contributed by atoms with Gasteiger partial charge >= 0.3 is 15.8 Å². The van der Waals surface area contributed by atoms with Crippen molar-refractivity contribution in [3.63, 3.8) is 0 Å². The Morgan fingerprint density at radius 3 is 1.92 bits per heavy atom. The molecule has 0 bridgehead atoms. The SMILES string of the molecule is Cc1c(S(=O)(=O)Oc2c(F)c(F)cc(F)c2F)c(=O)n(C)c(=O)n1C. The molecule has 0 fully saturated rings. The van der Waals surface area contributed by atoms with E-state index in [1.807, 2.05) is 0 Å². The monoisotopic (exact) mass is 382 g/mol. The maximum atomic E-state index is 13.6. The summed E-state index contributed by atoms with van der Waals surface area (Å²) in [6, 6.07) is -0.138. The number of rotatable bonds is 3. The van der Waals surface area contributed by atoms with Gasteiger partial charge in [0.25, 0.3) is 5.56 Å². The van der Waals surface area contributed by atoms with Crippen molar-refractivity contribution >= 4 is 10.1 Å². The molecule has 12 heteroatoms. The van der Waals surface area contributed by atoms with Crippen molar-refractivity contribution in [2.24, 2.45) is 14.1 Å². The fraction of sp³-hybridized carbons (Fsp3) is 0.231. The Morgan fingerprint density at radius 1 is 0.960 bits per heavy atom. The highest BCUT2D eigenvalue weighted by molar-refractivity contribution is 7.87. The molecule has 1 aromatic carbocycles. The molecule has 0 spiro atoms. The summed E-state index contributed by atoms with van der Waals surface area (Å²) in [4.78, 5) is 22.7. The molecule has 0 N–H and O–H groups in total. The summed E-state index contributed by atoms with van der Waals surface area (Å²) in [7, 11) is -3.12. The summed E-state index contributed by atoms with van der Waals surface area (Å²) in [6.45, 7) is 1.07. The molecule has 2 aromatic rings. The zero-order valence-corrected chi connectivity index (χ0v) is 13.7. The normalized spacial score (nSPS) is 11.6. The lowest BCUT2D eigenvalue weighted by molar-refractivity contribution is 0.387. The van der Waals surface area contributed by atoms with Gasteiger partial charge in [-0.2, -0.15) is 17.2 Å². The van der Waals surface area contributed by atoms with E-state index in [1.165, 1.54) is 0 Å². The van der Waals surface area contributed by atoms with Gasteiger partial charge in [0.1, 0.15) is 0 Å². The molecule has 0 atom stereocenters. The number of hydrogen-bond acceptors (Lipinski definition) is 5. The topological polar surface area (TPSA) is 87.4 Å². The highest BCUT2D eigenvalue weighted by Crippen LogP contribution is 2.29. The first-order valence-corrected chi connectivity index (χ1v) is 7.85. The third-order valence-electron chi connectivity index (χ3n) is 3.42. The lowest BCUT2D eigenvalue weighted by Crippen LogP contribution is -2.42. The average molecular weight is 382 g/mol. The van der Waals surface area contributed by atoms with E-state index < -0.39 is 61.0 Å². The van der Waals surface area contributed by atoms with Crippen molar-refractivity contribution in [2.45, 2.75) is 11.8 Å². The summed E-state index contributed by atoms with van der Waals surface area (Å²) in [5.74, 6) is -9.85. The Labute approximate surface area is 137 Å². The molecule has 0 aliphatic carbocycles. The van der Waals surface area contributed by atoms with E-state index in [1.54, 1.807) is 0 Å². The first-order chi connectivity index (χ1) is 11.4. The van der Waals surface area contributed by atoms with Gasteiger partial charge in [-0.05, 0) is 6.92 Å². The van der Waals surface area contributed by atoms with Crippen LogP contribution in [0, 0.1) is 30.2 Å². The van der Waals surface area contributed by atoms with Crippen LogP contribution in [0.3, 0.4) is 0 Å². The molecule has 136 valence electrons. The lowest BCUT2D eigenvalue weighted by Gasteiger charge is -2.13. The molecule has 0 radical (unpaired) electrons. The van der Waals surface area contributed by atoms with Gasteiger partial charge in [-0.1, -0.05) is 0 Å². The van der Waals surface area contributed by atoms with Gasteiger partial charge in [0.05, 0.1) is 0 Å². The molecule has 2 rings (SSSR count). The molecule has 0 aliphatic heterocycles. The molecule has 0 saturated heterocycles. The van der Waals surface area contributed by atoms with Crippen molar-refractivity contribution < 1.29 is 30.2 Å². The fourth-order valence-corrected chi connectivity index (χ4v) is 3.28. The zero-order valence-electron chi connectivity index (χ0n) is 12.9. The molecular formula is C13H10F4N2O5S. The molecule has 7 nitrogen and oxygen atoms in total. The van der Waals surface area contributed by atoms with Crippen molar-refractivity contribution in [2.75, 3.05) is 0 Å². The van der Waals surface area contributed by atoms with E-state index >= 15 is 0 Å². The molecule has 1 heterocycles. The van der Waals surface area contributed by atoms with Gasteiger partial charge in [0, 0.05) is 25.9 Å². The van der Waals surface area contributed by atoms with Crippen LogP contribution in [0.2, 0.25) is 0 Å². The van der Waals surface area contributed by atoms with Crippen molar-refractivity contribution in [3.8, 4) is 5.75 Å². The summed E-state index contributed by atoms with van der Waals surface area (Å²) < 4.78 is 83.4. The first kappa shape index (κ1) is 18.7. The Bertz CT molecular complexity index is 1080. The second-order valence-electron chi connectivity index (χ2n) is 4.96. The molecule has 1 aromatic heterocycles. The second kappa shape index (κ2) is 6.02. The van der Waals surface area contributed by atoms with Crippen LogP contribution in [0.4, 0.5) is 17.6 Å². The third-order valence-corrected chi connectivity index (χ3v) is 4.78. The van der Waals surface area contributed by atoms with Gasteiger partial charge in [-0.25, -0.2) is 13.6 Å². The van der Waals surface area contributed by atoms with Crippen LogP contribution in [0.1, 0.15) is 5.69 Å². The van der Waals surface area contributed by atoms with Gasteiger partial charge in [0.15, 0.2) is 16.5 Å². The van der Waals surface area contributed by atoms with E-state index in [0.29, 0.717) is 4.57 Å². The highest BCUT2D eigenvalue weighted by Gasteiger charge is 2.31. The number of hydrogen-bond donors (Lipinski definition) is 0. The lowest BCUT2D eigenvalue weighted by atomic mass is 10.3. The molecule has 25 heavy (non-hydrogen) atoms. The number of benzene rings is 1. The summed E-state index contributed by atoms with van der Waals surface area (Å²) >= 11 is 0. The summed E-state index contributed by atoms with van der Waals surface area (Å²) in [5, 5.41) is 0. The van der Waals surface area contributed by atoms with Crippen LogP contribution < -0.4 is 15.4 Å². The Balaban J connectivity index is 2.77. The third kappa shape index (κ3) is 2.92. The number of nitrogens with zero attached hydrogens (tertiary/aromatic N) is 2. The van der Waals surface area contributed by atoms with Gasteiger partial charge in [-0.15, -0.1) is 0 Å². The molecule has 0 saturated carbocycles. The summed E-state index contributed by atoms with van der Waals surface area (Å²) in [6.07, 6.45) is 0. The van der Waals surface area contributed by atoms with Gasteiger partial charge in [-0.3, -0.25) is 13.9 Å². The minimum Gasteiger partial charge on any atom is -0.372 e. The number of aromatic nitrogens is 2. The first-order valence-electron chi connectivity index (χ1n) is 6.44. The quantitative estimate of drug-likeness (QED) is 0.444. The van der Waals surface area contributed by atoms with Crippen molar-refractivity contribution in [1.82, 2.24) is 9.13 Å². The van der Waals surface area contributed by atoms with E-state index in [-0.39, 0.29) is 6.07 Å². The minimum absolute atomic E-state index is 0.138. The van der Waals surface area contributed by atoms with Crippen molar-refractivity contribution in [3.05, 3.63) is 55.9 Å². The van der Waals surface area contributed by atoms with Crippen molar-refractivity contribution in [1.29, 1.82) is 0 Å². The van der Waals surface area contributed by atoms with E-state index in [0.717, 1.165) is 25.6 Å².